The number of carbonyl (C=O) groups excluding carboxylic acids is 1. The van der Waals surface area contributed by atoms with E-state index in [1.54, 1.807) is 30.1 Å². The minimum Gasteiger partial charge on any atom is -0.504 e. The fourth-order valence-corrected chi connectivity index (χ4v) is 2.35. The Labute approximate surface area is 125 Å². The molecule has 0 bridgehead atoms. The monoisotopic (exact) mass is 300 g/mol. The molecule has 1 aliphatic rings. The molecular weight excluding hydrogens is 280 g/mol. The number of benzene rings is 1. The van der Waals surface area contributed by atoms with Crippen molar-refractivity contribution >= 4 is 18.3 Å². The molecule has 20 heavy (non-hydrogen) atoms. The standard InChI is InChI=1S/C14H20N2O3.ClH/c1-16(14(18)11-5-6-15-8-11)9-10-3-4-12(17)13(7-10)19-2;/h3-4,7,11,15,17H,5-6,8-9H2,1-2H3;1H. The van der Waals surface area contributed by atoms with Crippen molar-refractivity contribution < 1.29 is 14.6 Å². The van der Waals surface area contributed by atoms with Gasteiger partial charge in [-0.05, 0) is 30.7 Å². The van der Waals surface area contributed by atoms with Gasteiger partial charge in [0.05, 0.1) is 13.0 Å². The molecule has 5 nitrogen and oxygen atoms in total. The molecule has 1 aromatic rings. The normalized spacial score (nSPS) is 17.4. The Hall–Kier alpha value is -1.46. The number of nitrogens with zero attached hydrogens (tertiary/aromatic N) is 1. The SMILES string of the molecule is COc1cc(CN(C)C(=O)C2CCNC2)ccc1O.Cl. The Morgan fingerprint density at radius 1 is 1.55 bits per heavy atom. The molecule has 1 saturated heterocycles. The number of methoxy groups -OCH3 is 1. The lowest BCUT2D eigenvalue weighted by atomic mass is 10.1. The molecule has 112 valence electrons. The molecule has 1 heterocycles. The molecule has 0 spiro atoms. The third-order valence-electron chi connectivity index (χ3n) is 3.45. The van der Waals surface area contributed by atoms with E-state index in [1.807, 2.05) is 0 Å². The first-order chi connectivity index (χ1) is 9.11. The van der Waals surface area contributed by atoms with Crippen molar-refractivity contribution in [3.63, 3.8) is 0 Å². The van der Waals surface area contributed by atoms with Crippen LogP contribution in [-0.4, -0.2) is 43.2 Å². The molecule has 6 heteroatoms. The first-order valence-electron chi connectivity index (χ1n) is 6.43. The van der Waals surface area contributed by atoms with Crippen molar-refractivity contribution in [2.45, 2.75) is 13.0 Å². The number of aromatic hydroxyl groups is 1. The van der Waals surface area contributed by atoms with Gasteiger partial charge < -0.3 is 20.1 Å². The molecule has 0 saturated carbocycles. The average Bonchev–Trinajstić information content (AvgIpc) is 2.94. The highest BCUT2D eigenvalue weighted by Crippen LogP contribution is 2.26. The molecule has 2 rings (SSSR count). The number of ether oxygens (including phenoxy) is 1. The summed E-state index contributed by atoms with van der Waals surface area (Å²) in [6, 6.07) is 5.14. The third kappa shape index (κ3) is 3.77. The van der Waals surface area contributed by atoms with E-state index in [0.29, 0.717) is 12.3 Å². The maximum atomic E-state index is 12.2. The van der Waals surface area contributed by atoms with E-state index in [9.17, 15) is 9.90 Å². The van der Waals surface area contributed by atoms with Gasteiger partial charge in [-0.25, -0.2) is 0 Å². The van der Waals surface area contributed by atoms with Crippen LogP contribution in [0.2, 0.25) is 0 Å². The summed E-state index contributed by atoms with van der Waals surface area (Å²) >= 11 is 0. The van der Waals surface area contributed by atoms with E-state index in [2.05, 4.69) is 5.32 Å². The van der Waals surface area contributed by atoms with Crippen LogP contribution in [0, 0.1) is 5.92 Å². The second-order valence-corrected chi connectivity index (χ2v) is 4.89. The Balaban J connectivity index is 0.00000200. The number of phenolic OH excluding ortho intramolecular Hbond substituents is 1. The number of phenols is 1. The van der Waals surface area contributed by atoms with Crippen LogP contribution in [0.4, 0.5) is 0 Å². The summed E-state index contributed by atoms with van der Waals surface area (Å²) in [7, 11) is 3.32. The summed E-state index contributed by atoms with van der Waals surface area (Å²) < 4.78 is 5.06. The van der Waals surface area contributed by atoms with Gasteiger partial charge in [0.15, 0.2) is 11.5 Å². The third-order valence-corrected chi connectivity index (χ3v) is 3.45. The maximum absolute atomic E-state index is 12.2. The predicted octanol–water partition coefficient (Wildman–Crippen LogP) is 1.39. The Morgan fingerprint density at radius 2 is 2.30 bits per heavy atom. The van der Waals surface area contributed by atoms with Crippen LogP contribution < -0.4 is 10.1 Å². The van der Waals surface area contributed by atoms with E-state index >= 15 is 0 Å². The van der Waals surface area contributed by atoms with Crippen LogP contribution in [0.5, 0.6) is 11.5 Å². The number of rotatable bonds is 4. The Kier molecular flexibility index (Phi) is 6.10. The predicted molar refractivity (Wildman–Crippen MR) is 79.4 cm³/mol. The van der Waals surface area contributed by atoms with E-state index in [-0.39, 0.29) is 30.0 Å². The molecule has 1 atom stereocenters. The summed E-state index contributed by atoms with van der Waals surface area (Å²) in [6.45, 7) is 2.20. The van der Waals surface area contributed by atoms with Crippen LogP contribution in [0.15, 0.2) is 18.2 Å². The molecular formula is C14H21ClN2O3. The van der Waals surface area contributed by atoms with Crippen molar-refractivity contribution in [2.75, 3.05) is 27.2 Å². The van der Waals surface area contributed by atoms with E-state index in [1.165, 1.54) is 7.11 Å². The molecule has 1 unspecified atom stereocenters. The lowest BCUT2D eigenvalue weighted by Crippen LogP contribution is -2.33. The van der Waals surface area contributed by atoms with E-state index in [0.717, 1.165) is 25.1 Å². The molecule has 0 radical (unpaired) electrons. The van der Waals surface area contributed by atoms with Gasteiger partial charge in [-0.1, -0.05) is 6.07 Å². The zero-order valence-corrected chi connectivity index (χ0v) is 12.6. The number of hydrogen-bond donors (Lipinski definition) is 2. The average molecular weight is 301 g/mol. The number of amides is 1. The zero-order chi connectivity index (χ0) is 13.8. The van der Waals surface area contributed by atoms with Gasteiger partial charge in [0.25, 0.3) is 0 Å². The van der Waals surface area contributed by atoms with Gasteiger partial charge >= 0.3 is 0 Å². The zero-order valence-electron chi connectivity index (χ0n) is 11.8. The van der Waals surface area contributed by atoms with Crippen molar-refractivity contribution in [1.82, 2.24) is 10.2 Å². The minimum absolute atomic E-state index is 0. The van der Waals surface area contributed by atoms with Gasteiger partial charge in [-0.3, -0.25) is 4.79 Å². The van der Waals surface area contributed by atoms with Gasteiger partial charge in [0.2, 0.25) is 5.91 Å². The van der Waals surface area contributed by atoms with Crippen LogP contribution in [0.1, 0.15) is 12.0 Å². The Bertz CT molecular complexity index is 462. The highest BCUT2D eigenvalue weighted by Gasteiger charge is 2.25. The molecule has 2 N–H and O–H groups in total. The molecule has 1 amide bonds. The van der Waals surface area contributed by atoms with Crippen LogP contribution in [0.25, 0.3) is 0 Å². The quantitative estimate of drug-likeness (QED) is 0.882. The number of hydrogen-bond acceptors (Lipinski definition) is 4. The highest BCUT2D eigenvalue weighted by molar-refractivity contribution is 5.85. The van der Waals surface area contributed by atoms with E-state index < -0.39 is 0 Å². The van der Waals surface area contributed by atoms with Crippen molar-refractivity contribution in [3.05, 3.63) is 23.8 Å². The molecule has 0 aromatic heterocycles. The topological polar surface area (TPSA) is 61.8 Å². The summed E-state index contributed by atoms with van der Waals surface area (Å²) in [4.78, 5) is 13.9. The summed E-state index contributed by atoms with van der Waals surface area (Å²) in [6.07, 6.45) is 0.905. The second-order valence-electron chi connectivity index (χ2n) is 4.89. The van der Waals surface area contributed by atoms with Crippen molar-refractivity contribution in [1.29, 1.82) is 0 Å². The van der Waals surface area contributed by atoms with Crippen molar-refractivity contribution in [3.8, 4) is 11.5 Å². The van der Waals surface area contributed by atoms with E-state index in [4.69, 9.17) is 4.74 Å². The van der Waals surface area contributed by atoms with Crippen molar-refractivity contribution in [2.24, 2.45) is 5.92 Å². The molecule has 1 aliphatic heterocycles. The number of carbonyl (C=O) groups is 1. The number of halogens is 1. The smallest absolute Gasteiger partial charge is 0.227 e. The molecule has 0 aliphatic carbocycles. The largest absolute Gasteiger partial charge is 0.504 e. The fourth-order valence-electron chi connectivity index (χ4n) is 2.35. The summed E-state index contributed by atoms with van der Waals surface area (Å²) in [5.41, 5.74) is 0.941. The second kappa shape index (κ2) is 7.36. The fraction of sp³-hybridized carbons (Fsp3) is 0.500. The van der Waals surface area contributed by atoms with Gasteiger partial charge in [0, 0.05) is 20.1 Å². The van der Waals surface area contributed by atoms with Crippen LogP contribution >= 0.6 is 12.4 Å². The summed E-state index contributed by atoms with van der Waals surface area (Å²) in [5.74, 6) is 0.794. The lowest BCUT2D eigenvalue weighted by molar-refractivity contribution is -0.134. The minimum atomic E-state index is 0. The molecule has 1 aromatic carbocycles. The number of nitrogens with one attached hydrogen (secondary N) is 1. The first-order valence-corrected chi connectivity index (χ1v) is 6.43. The maximum Gasteiger partial charge on any atom is 0.227 e. The van der Waals surface area contributed by atoms with Gasteiger partial charge in [-0.15, -0.1) is 12.4 Å². The van der Waals surface area contributed by atoms with Gasteiger partial charge in [-0.2, -0.15) is 0 Å². The Morgan fingerprint density at radius 3 is 2.90 bits per heavy atom. The highest BCUT2D eigenvalue weighted by atomic mass is 35.5. The van der Waals surface area contributed by atoms with Crippen LogP contribution in [-0.2, 0) is 11.3 Å². The lowest BCUT2D eigenvalue weighted by Gasteiger charge is -2.21. The van der Waals surface area contributed by atoms with Gasteiger partial charge in [0.1, 0.15) is 0 Å². The van der Waals surface area contributed by atoms with Crippen LogP contribution in [0.3, 0.4) is 0 Å². The summed E-state index contributed by atoms with van der Waals surface area (Å²) in [5, 5.41) is 12.7. The molecule has 1 fully saturated rings. The first kappa shape index (κ1) is 16.6.